The van der Waals surface area contributed by atoms with Crippen LogP contribution in [-0.4, -0.2) is 38.2 Å². The van der Waals surface area contributed by atoms with E-state index in [-0.39, 0.29) is 0 Å². The predicted octanol–water partition coefficient (Wildman–Crippen LogP) is -0.948. The van der Waals surface area contributed by atoms with E-state index in [4.69, 9.17) is 0 Å². The lowest BCUT2D eigenvalue weighted by Crippen LogP contribution is -2.23. The number of sulfonamides is 1. The molecular weight excluding hydrogens is 286 g/mol. The standard InChI is InChI=1S/C7H9N3O6S2/c8-18(15,16)4-3-17(13,14)7-1-2-9-5-6(7)10(11)12/h1-2,5H,3-4H2,(H2,8,15,16). The maximum atomic E-state index is 11.8. The Balaban J connectivity index is 3.17. The van der Waals surface area contributed by atoms with E-state index in [1.807, 2.05) is 0 Å². The minimum atomic E-state index is -4.11. The lowest BCUT2D eigenvalue weighted by molar-refractivity contribution is -0.388. The fourth-order valence-electron chi connectivity index (χ4n) is 1.11. The topological polar surface area (TPSA) is 150 Å². The number of nitro groups is 1. The van der Waals surface area contributed by atoms with Gasteiger partial charge in [0.15, 0.2) is 9.84 Å². The van der Waals surface area contributed by atoms with Gasteiger partial charge in [-0.15, -0.1) is 0 Å². The number of pyridine rings is 1. The molecule has 9 nitrogen and oxygen atoms in total. The van der Waals surface area contributed by atoms with Crippen molar-refractivity contribution >= 4 is 25.5 Å². The highest BCUT2D eigenvalue weighted by Crippen LogP contribution is 2.22. The molecule has 0 aliphatic carbocycles. The van der Waals surface area contributed by atoms with Crippen LogP contribution in [0.3, 0.4) is 0 Å². The SMILES string of the molecule is NS(=O)(=O)CCS(=O)(=O)c1ccncc1[N+](=O)[O-]. The fourth-order valence-corrected chi connectivity index (χ4v) is 3.85. The van der Waals surface area contributed by atoms with Crippen LogP contribution in [0.4, 0.5) is 5.69 Å². The minimum absolute atomic E-state index is 0.578. The second-order valence-corrected chi connectivity index (χ2v) is 7.10. The third-order valence-corrected chi connectivity index (χ3v) is 4.72. The largest absolute Gasteiger partial charge is 0.306 e. The number of aromatic nitrogens is 1. The normalized spacial score (nSPS) is 12.3. The first-order valence-electron chi connectivity index (χ1n) is 4.45. The molecule has 0 unspecified atom stereocenters. The van der Waals surface area contributed by atoms with Gasteiger partial charge >= 0.3 is 5.69 Å². The van der Waals surface area contributed by atoms with Gasteiger partial charge in [0.25, 0.3) is 0 Å². The van der Waals surface area contributed by atoms with Crippen LogP contribution in [0.25, 0.3) is 0 Å². The summed E-state index contributed by atoms with van der Waals surface area (Å²) in [6.45, 7) is 0. The Bertz CT molecular complexity index is 666. The van der Waals surface area contributed by atoms with Gasteiger partial charge in [0, 0.05) is 6.20 Å². The Labute approximate surface area is 103 Å². The molecule has 11 heteroatoms. The summed E-state index contributed by atoms with van der Waals surface area (Å²) in [5, 5.41) is 15.3. The van der Waals surface area contributed by atoms with Gasteiger partial charge in [-0.05, 0) is 6.07 Å². The summed E-state index contributed by atoms with van der Waals surface area (Å²) in [6.07, 6.45) is 1.85. The van der Waals surface area contributed by atoms with Crippen LogP contribution in [0.2, 0.25) is 0 Å². The second-order valence-electron chi connectivity index (χ2n) is 3.29. The van der Waals surface area contributed by atoms with Crippen molar-refractivity contribution in [1.29, 1.82) is 0 Å². The molecule has 0 aromatic carbocycles. The van der Waals surface area contributed by atoms with E-state index in [2.05, 4.69) is 10.1 Å². The Hall–Kier alpha value is -1.59. The number of hydrogen-bond acceptors (Lipinski definition) is 7. The Morgan fingerprint density at radius 2 is 1.89 bits per heavy atom. The summed E-state index contributed by atoms with van der Waals surface area (Å²) in [4.78, 5) is 12.6. The average Bonchev–Trinajstić information content (AvgIpc) is 2.26. The summed E-state index contributed by atoms with van der Waals surface area (Å²) in [5.41, 5.74) is -0.702. The lowest BCUT2D eigenvalue weighted by Gasteiger charge is -2.03. The van der Waals surface area contributed by atoms with E-state index in [9.17, 15) is 26.9 Å². The van der Waals surface area contributed by atoms with Crippen LogP contribution in [-0.2, 0) is 19.9 Å². The number of rotatable bonds is 5. The molecule has 0 saturated heterocycles. The number of sulfone groups is 1. The monoisotopic (exact) mass is 295 g/mol. The van der Waals surface area contributed by atoms with E-state index in [0.717, 1.165) is 18.5 Å². The summed E-state index contributed by atoms with van der Waals surface area (Å²) >= 11 is 0. The highest BCUT2D eigenvalue weighted by molar-refractivity contribution is 7.94. The maximum Gasteiger partial charge on any atom is 0.306 e. The number of nitrogens with zero attached hydrogens (tertiary/aromatic N) is 2. The first kappa shape index (κ1) is 14.5. The highest BCUT2D eigenvalue weighted by Gasteiger charge is 2.26. The van der Waals surface area contributed by atoms with Gasteiger partial charge in [0.2, 0.25) is 10.0 Å². The van der Waals surface area contributed by atoms with Crippen molar-refractivity contribution in [1.82, 2.24) is 4.98 Å². The van der Waals surface area contributed by atoms with E-state index < -0.39 is 46.9 Å². The van der Waals surface area contributed by atoms with Gasteiger partial charge in [-0.3, -0.25) is 15.1 Å². The molecule has 0 spiro atoms. The molecular formula is C7H9N3O6S2. The number of nitrogens with two attached hydrogens (primary N) is 1. The molecule has 1 heterocycles. The number of primary sulfonamides is 1. The Kier molecular flexibility index (Phi) is 3.98. The van der Waals surface area contributed by atoms with Crippen LogP contribution >= 0.6 is 0 Å². The van der Waals surface area contributed by atoms with Crippen molar-refractivity contribution in [3.8, 4) is 0 Å². The summed E-state index contributed by atoms with van der Waals surface area (Å²) in [5.74, 6) is -1.63. The molecule has 0 radical (unpaired) electrons. The van der Waals surface area contributed by atoms with Crippen LogP contribution in [0.5, 0.6) is 0 Å². The zero-order valence-corrected chi connectivity index (χ0v) is 10.5. The van der Waals surface area contributed by atoms with Gasteiger partial charge in [0.1, 0.15) is 11.1 Å². The molecule has 0 saturated carbocycles. The molecule has 0 aliphatic rings. The van der Waals surface area contributed by atoms with Crippen LogP contribution in [0.1, 0.15) is 0 Å². The molecule has 0 bridgehead atoms. The van der Waals surface area contributed by atoms with Gasteiger partial charge in [-0.1, -0.05) is 0 Å². The molecule has 0 aliphatic heterocycles. The molecule has 1 aromatic rings. The van der Waals surface area contributed by atoms with Crippen molar-refractivity contribution in [3.63, 3.8) is 0 Å². The molecule has 18 heavy (non-hydrogen) atoms. The molecule has 1 aromatic heterocycles. The molecule has 0 atom stereocenters. The van der Waals surface area contributed by atoms with E-state index in [1.165, 1.54) is 0 Å². The predicted molar refractivity (Wildman–Crippen MR) is 60.9 cm³/mol. The maximum absolute atomic E-state index is 11.8. The molecule has 100 valence electrons. The second kappa shape index (κ2) is 4.96. The lowest BCUT2D eigenvalue weighted by atomic mass is 10.4. The Morgan fingerprint density at radius 3 is 2.39 bits per heavy atom. The third-order valence-electron chi connectivity index (χ3n) is 1.93. The number of hydrogen-bond donors (Lipinski definition) is 1. The molecule has 1 rings (SSSR count). The van der Waals surface area contributed by atoms with Gasteiger partial charge in [-0.25, -0.2) is 22.0 Å². The molecule has 2 N–H and O–H groups in total. The summed E-state index contributed by atoms with van der Waals surface area (Å²) in [7, 11) is -8.07. The van der Waals surface area contributed by atoms with Crippen molar-refractivity contribution in [2.24, 2.45) is 5.14 Å². The summed E-state index contributed by atoms with van der Waals surface area (Å²) < 4.78 is 44.9. The highest BCUT2D eigenvalue weighted by atomic mass is 32.2. The molecule has 0 fully saturated rings. The van der Waals surface area contributed by atoms with Crippen molar-refractivity contribution < 1.29 is 21.8 Å². The van der Waals surface area contributed by atoms with Gasteiger partial charge < -0.3 is 0 Å². The molecule has 0 amide bonds. The zero-order chi connectivity index (χ0) is 14.0. The smallest absolute Gasteiger partial charge is 0.258 e. The first-order valence-corrected chi connectivity index (χ1v) is 7.82. The van der Waals surface area contributed by atoms with Gasteiger partial charge in [-0.2, -0.15) is 0 Å². The van der Waals surface area contributed by atoms with Crippen molar-refractivity contribution in [2.75, 3.05) is 11.5 Å². The van der Waals surface area contributed by atoms with E-state index >= 15 is 0 Å². The fraction of sp³-hybridized carbons (Fsp3) is 0.286. The quantitative estimate of drug-likeness (QED) is 0.543. The average molecular weight is 295 g/mol. The summed E-state index contributed by atoms with van der Waals surface area (Å²) in [6, 6.07) is 0.941. The van der Waals surface area contributed by atoms with Crippen molar-refractivity contribution in [2.45, 2.75) is 4.90 Å². The van der Waals surface area contributed by atoms with Crippen LogP contribution in [0, 0.1) is 10.1 Å². The van der Waals surface area contributed by atoms with E-state index in [0.29, 0.717) is 0 Å². The zero-order valence-electron chi connectivity index (χ0n) is 8.88. The Morgan fingerprint density at radius 1 is 1.28 bits per heavy atom. The first-order chi connectivity index (χ1) is 8.13. The van der Waals surface area contributed by atoms with Crippen molar-refractivity contribution in [3.05, 3.63) is 28.6 Å². The minimum Gasteiger partial charge on any atom is -0.258 e. The van der Waals surface area contributed by atoms with Crippen LogP contribution < -0.4 is 5.14 Å². The van der Waals surface area contributed by atoms with E-state index in [1.54, 1.807) is 0 Å². The third kappa shape index (κ3) is 3.72. The van der Waals surface area contributed by atoms with Gasteiger partial charge in [0.05, 0.1) is 16.4 Å². The van der Waals surface area contributed by atoms with Crippen LogP contribution in [0.15, 0.2) is 23.4 Å².